The highest BCUT2D eigenvalue weighted by Gasteiger charge is 2.31. The number of anilines is 1. The molecule has 0 spiro atoms. The van der Waals surface area contributed by atoms with Crippen LogP contribution in [0, 0.1) is 5.82 Å². The highest BCUT2D eigenvalue weighted by Crippen LogP contribution is 2.31. The number of hydrogen-bond acceptors (Lipinski definition) is 6. The second-order valence-electron chi connectivity index (χ2n) is 6.75. The number of amides is 1. The minimum atomic E-state index is -3.78. The SMILES string of the molecule is COc1ccc(OC)c(S(=O)(=O)N2CCN(CC(=O)Nc3ccc(F)cc3)CC2)c1. The minimum absolute atomic E-state index is 0.0480. The molecule has 0 atom stereocenters. The topological polar surface area (TPSA) is 88.2 Å². The lowest BCUT2D eigenvalue weighted by Crippen LogP contribution is -2.50. The highest BCUT2D eigenvalue weighted by atomic mass is 32.2. The summed E-state index contributed by atoms with van der Waals surface area (Å²) >= 11 is 0. The van der Waals surface area contributed by atoms with Gasteiger partial charge in [0.1, 0.15) is 22.2 Å². The van der Waals surface area contributed by atoms with E-state index in [0.717, 1.165) is 0 Å². The van der Waals surface area contributed by atoms with E-state index >= 15 is 0 Å². The number of piperazine rings is 1. The van der Waals surface area contributed by atoms with Gasteiger partial charge >= 0.3 is 0 Å². The van der Waals surface area contributed by atoms with Gasteiger partial charge in [-0.2, -0.15) is 4.31 Å². The molecule has 2 aromatic rings. The lowest BCUT2D eigenvalue weighted by Gasteiger charge is -2.33. The van der Waals surface area contributed by atoms with Crippen molar-refractivity contribution in [3.8, 4) is 11.5 Å². The Morgan fingerprint density at radius 1 is 1.03 bits per heavy atom. The van der Waals surface area contributed by atoms with Crippen LogP contribution in [0.4, 0.5) is 10.1 Å². The summed E-state index contributed by atoms with van der Waals surface area (Å²) in [6.45, 7) is 1.41. The Morgan fingerprint density at radius 3 is 2.30 bits per heavy atom. The summed E-state index contributed by atoms with van der Waals surface area (Å²) in [6.07, 6.45) is 0. The van der Waals surface area contributed by atoms with Crippen LogP contribution in [0.3, 0.4) is 0 Å². The maximum atomic E-state index is 13.1. The van der Waals surface area contributed by atoms with E-state index in [1.165, 1.54) is 48.9 Å². The molecule has 1 saturated heterocycles. The quantitative estimate of drug-likeness (QED) is 0.711. The number of sulfonamides is 1. The number of methoxy groups -OCH3 is 2. The molecule has 0 saturated carbocycles. The fourth-order valence-corrected chi connectivity index (χ4v) is 4.78. The Kier molecular flexibility index (Phi) is 6.91. The first kappa shape index (κ1) is 22.0. The lowest BCUT2D eigenvalue weighted by atomic mass is 10.3. The zero-order valence-corrected chi connectivity index (χ0v) is 17.6. The standard InChI is InChI=1S/C20H24FN3O5S/c1-28-17-7-8-18(29-2)19(13-17)30(26,27)24-11-9-23(10-12-24)14-20(25)22-16-5-3-15(21)4-6-16/h3-8,13H,9-12,14H2,1-2H3,(H,22,25). The Labute approximate surface area is 175 Å². The first-order chi connectivity index (χ1) is 14.3. The Bertz CT molecular complexity index is 990. The van der Waals surface area contributed by atoms with Gasteiger partial charge in [0.15, 0.2) is 0 Å². The second-order valence-corrected chi connectivity index (χ2v) is 8.66. The van der Waals surface area contributed by atoms with Crippen molar-refractivity contribution < 1.29 is 27.1 Å². The summed E-state index contributed by atoms with van der Waals surface area (Å²) in [5, 5.41) is 2.70. The summed E-state index contributed by atoms with van der Waals surface area (Å²) < 4.78 is 50.9. The molecule has 162 valence electrons. The number of carbonyl (C=O) groups is 1. The molecule has 1 aliphatic heterocycles. The van der Waals surface area contributed by atoms with Crippen LogP contribution >= 0.6 is 0 Å². The molecule has 1 heterocycles. The zero-order chi connectivity index (χ0) is 21.7. The van der Waals surface area contributed by atoms with Gasteiger partial charge in [-0.15, -0.1) is 0 Å². The molecule has 10 heteroatoms. The summed E-state index contributed by atoms with van der Waals surface area (Å²) in [4.78, 5) is 14.1. The number of nitrogens with zero attached hydrogens (tertiary/aromatic N) is 2. The lowest BCUT2D eigenvalue weighted by molar-refractivity contribution is -0.117. The van der Waals surface area contributed by atoms with Crippen molar-refractivity contribution in [1.82, 2.24) is 9.21 Å². The van der Waals surface area contributed by atoms with Crippen LogP contribution in [-0.2, 0) is 14.8 Å². The zero-order valence-electron chi connectivity index (χ0n) is 16.8. The molecule has 1 amide bonds. The van der Waals surface area contributed by atoms with Crippen LogP contribution in [0.2, 0.25) is 0 Å². The summed E-state index contributed by atoms with van der Waals surface area (Å²) in [7, 11) is -0.895. The third-order valence-electron chi connectivity index (χ3n) is 4.82. The number of rotatable bonds is 7. The van der Waals surface area contributed by atoms with Gasteiger partial charge in [0.05, 0.1) is 20.8 Å². The van der Waals surface area contributed by atoms with Gasteiger partial charge in [0.2, 0.25) is 15.9 Å². The third-order valence-corrected chi connectivity index (χ3v) is 6.73. The molecule has 2 aromatic carbocycles. The number of benzene rings is 2. The molecule has 1 fully saturated rings. The molecule has 0 bridgehead atoms. The molecular weight excluding hydrogens is 413 g/mol. The fourth-order valence-electron chi connectivity index (χ4n) is 3.19. The van der Waals surface area contributed by atoms with Crippen LogP contribution < -0.4 is 14.8 Å². The van der Waals surface area contributed by atoms with E-state index in [2.05, 4.69) is 5.32 Å². The molecule has 8 nitrogen and oxygen atoms in total. The molecule has 0 unspecified atom stereocenters. The van der Waals surface area contributed by atoms with E-state index in [1.54, 1.807) is 12.1 Å². The molecular formula is C20H24FN3O5S. The molecule has 0 aromatic heterocycles. The van der Waals surface area contributed by atoms with E-state index in [4.69, 9.17) is 9.47 Å². The first-order valence-electron chi connectivity index (χ1n) is 9.33. The summed E-state index contributed by atoms with van der Waals surface area (Å²) in [5.74, 6) is 0.0488. The molecule has 0 aliphatic carbocycles. The molecule has 30 heavy (non-hydrogen) atoms. The monoisotopic (exact) mass is 437 g/mol. The van der Waals surface area contributed by atoms with Crippen LogP contribution in [0.15, 0.2) is 47.4 Å². The maximum Gasteiger partial charge on any atom is 0.246 e. The number of halogens is 1. The molecule has 1 N–H and O–H groups in total. The van der Waals surface area contributed by atoms with E-state index in [0.29, 0.717) is 24.5 Å². The van der Waals surface area contributed by atoms with Crippen LogP contribution in [0.5, 0.6) is 11.5 Å². The fraction of sp³-hybridized carbons (Fsp3) is 0.350. The number of hydrogen-bond donors (Lipinski definition) is 1. The van der Waals surface area contributed by atoms with Gasteiger partial charge in [-0.3, -0.25) is 9.69 Å². The van der Waals surface area contributed by atoms with E-state index in [-0.39, 0.29) is 42.0 Å². The second kappa shape index (κ2) is 9.41. The number of nitrogens with one attached hydrogen (secondary N) is 1. The summed E-state index contributed by atoms with van der Waals surface area (Å²) in [6, 6.07) is 10.1. The molecule has 3 rings (SSSR count). The van der Waals surface area contributed by atoms with Crippen molar-refractivity contribution >= 4 is 21.6 Å². The van der Waals surface area contributed by atoms with E-state index < -0.39 is 10.0 Å². The van der Waals surface area contributed by atoms with Crippen molar-refractivity contribution in [2.45, 2.75) is 4.90 Å². The summed E-state index contributed by atoms with van der Waals surface area (Å²) in [5.41, 5.74) is 0.507. The van der Waals surface area contributed by atoms with Crippen molar-refractivity contribution in [2.24, 2.45) is 0 Å². The van der Waals surface area contributed by atoms with E-state index in [1.807, 2.05) is 4.90 Å². The maximum absolute atomic E-state index is 13.1. The van der Waals surface area contributed by atoms with Gasteiger partial charge in [-0.05, 0) is 36.4 Å². The Hall–Kier alpha value is -2.69. The third kappa shape index (κ3) is 5.07. The van der Waals surface area contributed by atoms with Gasteiger partial charge in [0, 0.05) is 37.9 Å². The smallest absolute Gasteiger partial charge is 0.246 e. The van der Waals surface area contributed by atoms with Gasteiger partial charge < -0.3 is 14.8 Å². The van der Waals surface area contributed by atoms with Crippen LogP contribution in [-0.4, -0.2) is 70.5 Å². The average molecular weight is 437 g/mol. The van der Waals surface area contributed by atoms with Crippen molar-refractivity contribution in [3.63, 3.8) is 0 Å². The predicted molar refractivity (Wildman–Crippen MR) is 110 cm³/mol. The number of carbonyl (C=O) groups excluding carboxylic acids is 1. The van der Waals surface area contributed by atoms with Gasteiger partial charge in [-0.1, -0.05) is 0 Å². The normalized spacial score (nSPS) is 15.6. The molecule has 1 aliphatic rings. The van der Waals surface area contributed by atoms with Gasteiger partial charge in [0.25, 0.3) is 0 Å². The van der Waals surface area contributed by atoms with Gasteiger partial charge in [-0.25, -0.2) is 12.8 Å². The van der Waals surface area contributed by atoms with E-state index in [9.17, 15) is 17.6 Å². The largest absolute Gasteiger partial charge is 0.497 e. The first-order valence-corrected chi connectivity index (χ1v) is 10.8. The Balaban J connectivity index is 1.60. The van der Waals surface area contributed by atoms with Crippen molar-refractivity contribution in [1.29, 1.82) is 0 Å². The molecule has 0 radical (unpaired) electrons. The minimum Gasteiger partial charge on any atom is -0.497 e. The number of ether oxygens (including phenoxy) is 2. The Morgan fingerprint density at radius 2 is 1.70 bits per heavy atom. The van der Waals surface area contributed by atoms with Crippen LogP contribution in [0.25, 0.3) is 0 Å². The van der Waals surface area contributed by atoms with Crippen LogP contribution in [0.1, 0.15) is 0 Å². The highest BCUT2D eigenvalue weighted by molar-refractivity contribution is 7.89. The predicted octanol–water partition coefficient (Wildman–Crippen LogP) is 1.79. The van der Waals surface area contributed by atoms with Crippen molar-refractivity contribution in [2.75, 3.05) is 52.3 Å². The van der Waals surface area contributed by atoms with Crippen molar-refractivity contribution in [3.05, 3.63) is 48.3 Å². The average Bonchev–Trinajstić information content (AvgIpc) is 2.75.